The van der Waals surface area contributed by atoms with Gasteiger partial charge in [-0.1, -0.05) is 54.6 Å². The molecule has 124 valence electrons. The summed E-state index contributed by atoms with van der Waals surface area (Å²) in [5.41, 5.74) is 3.13. The summed E-state index contributed by atoms with van der Waals surface area (Å²) in [4.78, 5) is 24.9. The quantitative estimate of drug-likeness (QED) is 0.815. The normalized spacial score (nSPS) is 22.3. The van der Waals surface area contributed by atoms with E-state index in [0.29, 0.717) is 6.42 Å². The lowest BCUT2D eigenvalue weighted by atomic mass is 9.66. The summed E-state index contributed by atoms with van der Waals surface area (Å²) in [5, 5.41) is 0. The van der Waals surface area contributed by atoms with Crippen molar-refractivity contribution in [3.8, 4) is 0 Å². The van der Waals surface area contributed by atoms with Crippen molar-refractivity contribution in [2.75, 3.05) is 14.2 Å². The van der Waals surface area contributed by atoms with E-state index in [1.165, 1.54) is 14.2 Å². The molecule has 0 radical (unpaired) electrons. The lowest BCUT2D eigenvalue weighted by Gasteiger charge is -2.37. The Morgan fingerprint density at radius 3 is 2.17 bits per heavy atom. The van der Waals surface area contributed by atoms with E-state index < -0.39 is 11.8 Å². The van der Waals surface area contributed by atoms with Gasteiger partial charge in [0.05, 0.1) is 26.1 Å². The molecule has 0 unspecified atom stereocenters. The summed E-state index contributed by atoms with van der Waals surface area (Å²) in [6.45, 7) is 0. The van der Waals surface area contributed by atoms with Crippen LogP contribution in [0.2, 0.25) is 0 Å². The Bertz CT molecular complexity index is 738. The fourth-order valence-electron chi connectivity index (χ4n) is 3.68. The third-order valence-corrected chi connectivity index (χ3v) is 4.76. The first-order valence-electron chi connectivity index (χ1n) is 7.95. The minimum absolute atomic E-state index is 0.229. The average molecular weight is 324 g/mol. The smallest absolute Gasteiger partial charge is 0.310 e. The Hall–Kier alpha value is -2.62. The second-order valence-corrected chi connectivity index (χ2v) is 5.97. The number of hydrogen-bond acceptors (Lipinski definition) is 4. The van der Waals surface area contributed by atoms with Crippen LogP contribution in [-0.2, 0) is 25.5 Å². The number of benzene rings is 2. The van der Waals surface area contributed by atoms with Crippen LogP contribution in [0.1, 0.15) is 22.6 Å². The van der Waals surface area contributed by atoms with Gasteiger partial charge in [-0.25, -0.2) is 0 Å². The highest BCUT2D eigenvalue weighted by atomic mass is 16.5. The van der Waals surface area contributed by atoms with Crippen LogP contribution in [0.3, 0.4) is 0 Å². The van der Waals surface area contributed by atoms with Gasteiger partial charge in [-0.15, -0.1) is 0 Å². The number of carbonyl (C=O) groups excluding carboxylic acids is 2. The Morgan fingerprint density at radius 1 is 0.875 bits per heavy atom. The van der Waals surface area contributed by atoms with Crippen LogP contribution < -0.4 is 0 Å². The monoisotopic (exact) mass is 324 g/mol. The van der Waals surface area contributed by atoms with Crippen LogP contribution in [0, 0.1) is 11.8 Å². The van der Waals surface area contributed by atoms with Crippen LogP contribution in [0.25, 0.3) is 0 Å². The third kappa shape index (κ3) is 2.80. The lowest BCUT2D eigenvalue weighted by molar-refractivity contribution is -0.158. The maximum Gasteiger partial charge on any atom is 0.310 e. The molecular weight excluding hydrogens is 304 g/mol. The number of esters is 2. The Labute approximate surface area is 141 Å². The first-order chi connectivity index (χ1) is 11.7. The Balaban J connectivity index is 2.19. The van der Waals surface area contributed by atoms with Gasteiger partial charge in [0, 0.05) is 5.92 Å². The van der Waals surface area contributed by atoms with Gasteiger partial charge in [-0.3, -0.25) is 9.59 Å². The average Bonchev–Trinajstić information content (AvgIpc) is 2.65. The van der Waals surface area contributed by atoms with E-state index in [9.17, 15) is 9.59 Å². The molecule has 0 bridgehead atoms. The summed E-state index contributed by atoms with van der Waals surface area (Å²) in [6.07, 6.45) is 0.478. The van der Waals surface area contributed by atoms with Crippen LogP contribution in [0.5, 0.6) is 0 Å². The van der Waals surface area contributed by atoms with Gasteiger partial charge in [0.2, 0.25) is 0 Å². The molecule has 0 saturated carbocycles. The molecule has 2 aromatic rings. The molecule has 0 aromatic heterocycles. The van der Waals surface area contributed by atoms with E-state index >= 15 is 0 Å². The van der Waals surface area contributed by atoms with Crippen molar-refractivity contribution in [2.24, 2.45) is 11.8 Å². The van der Waals surface area contributed by atoms with E-state index in [1.807, 2.05) is 54.6 Å². The van der Waals surface area contributed by atoms with Gasteiger partial charge >= 0.3 is 11.9 Å². The highest BCUT2D eigenvalue weighted by Crippen LogP contribution is 2.44. The molecule has 4 nitrogen and oxygen atoms in total. The molecule has 1 aliphatic rings. The number of hydrogen-bond donors (Lipinski definition) is 0. The molecular formula is C20H20O4. The van der Waals surface area contributed by atoms with Gasteiger partial charge in [-0.05, 0) is 23.1 Å². The van der Waals surface area contributed by atoms with Crippen molar-refractivity contribution in [3.05, 3.63) is 71.3 Å². The molecule has 0 N–H and O–H groups in total. The Morgan fingerprint density at radius 2 is 1.50 bits per heavy atom. The maximum absolute atomic E-state index is 12.6. The predicted molar refractivity (Wildman–Crippen MR) is 89.4 cm³/mol. The fourth-order valence-corrected chi connectivity index (χ4v) is 3.68. The minimum atomic E-state index is -0.597. The second-order valence-electron chi connectivity index (χ2n) is 5.97. The molecule has 0 spiro atoms. The van der Waals surface area contributed by atoms with Crippen molar-refractivity contribution in [3.63, 3.8) is 0 Å². The van der Waals surface area contributed by atoms with Crippen LogP contribution in [0.15, 0.2) is 54.6 Å². The van der Waals surface area contributed by atoms with Crippen molar-refractivity contribution in [1.29, 1.82) is 0 Å². The van der Waals surface area contributed by atoms with Gasteiger partial charge in [-0.2, -0.15) is 0 Å². The predicted octanol–water partition coefficient (Wildman–Crippen LogP) is 2.95. The fraction of sp³-hybridized carbons (Fsp3) is 0.300. The molecule has 24 heavy (non-hydrogen) atoms. The summed E-state index contributed by atoms with van der Waals surface area (Å²) < 4.78 is 10.0. The molecule has 0 saturated heterocycles. The van der Waals surface area contributed by atoms with Gasteiger partial charge in [0.25, 0.3) is 0 Å². The summed E-state index contributed by atoms with van der Waals surface area (Å²) in [7, 11) is 2.72. The maximum atomic E-state index is 12.6. The highest BCUT2D eigenvalue weighted by molar-refractivity contribution is 5.84. The number of rotatable bonds is 3. The van der Waals surface area contributed by atoms with E-state index in [2.05, 4.69) is 0 Å². The molecule has 0 amide bonds. The summed E-state index contributed by atoms with van der Waals surface area (Å²) in [6, 6.07) is 17.7. The summed E-state index contributed by atoms with van der Waals surface area (Å²) in [5.74, 6) is -2.13. The van der Waals surface area contributed by atoms with Crippen LogP contribution in [0.4, 0.5) is 0 Å². The number of fused-ring (bicyclic) bond motifs is 1. The molecule has 0 fully saturated rings. The third-order valence-electron chi connectivity index (χ3n) is 4.76. The van der Waals surface area contributed by atoms with E-state index in [-0.39, 0.29) is 17.9 Å². The zero-order valence-electron chi connectivity index (χ0n) is 13.8. The first kappa shape index (κ1) is 16.2. The first-order valence-corrected chi connectivity index (χ1v) is 7.95. The SMILES string of the molecule is COC(=O)[C@H]1[C@H](c2ccccc2)c2ccccc2C[C@H]1C(=O)OC. The van der Waals surface area contributed by atoms with Crippen molar-refractivity contribution in [1.82, 2.24) is 0 Å². The number of ether oxygens (including phenoxy) is 2. The minimum Gasteiger partial charge on any atom is -0.469 e. The van der Waals surface area contributed by atoms with E-state index in [0.717, 1.165) is 16.7 Å². The Kier molecular flexibility index (Phi) is 4.65. The van der Waals surface area contributed by atoms with Gasteiger partial charge in [0.1, 0.15) is 0 Å². The van der Waals surface area contributed by atoms with Crippen molar-refractivity contribution >= 4 is 11.9 Å². The van der Waals surface area contributed by atoms with Crippen LogP contribution in [-0.4, -0.2) is 26.2 Å². The molecule has 1 aliphatic carbocycles. The standard InChI is InChI=1S/C20H20O4/c1-23-19(21)16-12-14-10-6-7-11-15(14)17(18(16)20(22)24-2)13-8-4-3-5-9-13/h3-11,16-18H,12H2,1-2H3/t16-,17-,18-/m1/s1. The van der Waals surface area contributed by atoms with E-state index in [4.69, 9.17) is 9.47 Å². The topological polar surface area (TPSA) is 52.6 Å². The number of methoxy groups -OCH3 is 2. The number of carbonyl (C=O) groups is 2. The van der Waals surface area contributed by atoms with Crippen LogP contribution >= 0.6 is 0 Å². The van der Waals surface area contributed by atoms with Crippen molar-refractivity contribution < 1.29 is 19.1 Å². The molecule has 3 atom stereocenters. The second kappa shape index (κ2) is 6.87. The molecule has 0 aliphatic heterocycles. The zero-order valence-corrected chi connectivity index (χ0v) is 13.8. The largest absolute Gasteiger partial charge is 0.469 e. The lowest BCUT2D eigenvalue weighted by Crippen LogP contribution is -2.41. The highest BCUT2D eigenvalue weighted by Gasteiger charge is 2.46. The van der Waals surface area contributed by atoms with E-state index in [1.54, 1.807) is 0 Å². The molecule has 2 aromatic carbocycles. The van der Waals surface area contributed by atoms with Gasteiger partial charge < -0.3 is 9.47 Å². The molecule has 4 heteroatoms. The molecule has 0 heterocycles. The zero-order chi connectivity index (χ0) is 17.1. The summed E-state index contributed by atoms with van der Waals surface area (Å²) >= 11 is 0. The van der Waals surface area contributed by atoms with Gasteiger partial charge in [0.15, 0.2) is 0 Å². The molecule has 3 rings (SSSR count). The van der Waals surface area contributed by atoms with Crippen molar-refractivity contribution in [2.45, 2.75) is 12.3 Å².